The molecule has 0 fully saturated rings. The number of benzene rings is 1. The Hall–Kier alpha value is -1.06. The van der Waals surface area contributed by atoms with Gasteiger partial charge in [0.15, 0.2) is 0 Å². The third kappa shape index (κ3) is 5.71. The number of hydrogen-bond donors (Lipinski definition) is 1. The predicted molar refractivity (Wildman–Crippen MR) is 72.2 cm³/mol. The molecule has 96 valence electrons. The summed E-state index contributed by atoms with van der Waals surface area (Å²) in [7, 11) is 2.13. The van der Waals surface area contributed by atoms with Gasteiger partial charge in [0, 0.05) is 19.6 Å². The zero-order valence-electron chi connectivity index (χ0n) is 11.1. The van der Waals surface area contributed by atoms with Crippen LogP contribution in [0.5, 0.6) is 5.75 Å². The fraction of sp³-hybridized carbons (Fsp3) is 0.571. The molecular formula is C14H24N2O. The molecular weight excluding hydrogens is 212 g/mol. The zero-order chi connectivity index (χ0) is 12.7. The van der Waals surface area contributed by atoms with Crippen LogP contribution in [0.25, 0.3) is 0 Å². The van der Waals surface area contributed by atoms with E-state index < -0.39 is 0 Å². The lowest BCUT2D eigenvalue weighted by atomic mass is 10.2. The Morgan fingerprint density at radius 2 is 1.88 bits per heavy atom. The van der Waals surface area contributed by atoms with Crippen molar-refractivity contribution < 1.29 is 4.74 Å². The summed E-state index contributed by atoms with van der Waals surface area (Å²) in [6.07, 6.45) is 0. The van der Waals surface area contributed by atoms with Crippen LogP contribution < -0.4 is 10.5 Å². The van der Waals surface area contributed by atoms with E-state index in [-0.39, 0.29) is 0 Å². The average Bonchev–Trinajstić information content (AvgIpc) is 2.29. The van der Waals surface area contributed by atoms with Crippen LogP contribution in [-0.4, -0.2) is 31.6 Å². The van der Waals surface area contributed by atoms with Gasteiger partial charge in [0.2, 0.25) is 0 Å². The zero-order valence-corrected chi connectivity index (χ0v) is 11.1. The Morgan fingerprint density at radius 3 is 2.41 bits per heavy atom. The van der Waals surface area contributed by atoms with Gasteiger partial charge in [-0.25, -0.2) is 0 Å². The first-order valence-electron chi connectivity index (χ1n) is 6.22. The molecule has 3 nitrogen and oxygen atoms in total. The SMILES string of the molecule is CC(C)CN(C)CCOc1ccc(CN)cc1. The van der Waals surface area contributed by atoms with Crippen molar-refractivity contribution in [2.45, 2.75) is 20.4 Å². The van der Waals surface area contributed by atoms with Gasteiger partial charge in [-0.3, -0.25) is 0 Å². The van der Waals surface area contributed by atoms with Crippen molar-refractivity contribution in [1.29, 1.82) is 0 Å². The number of nitrogens with two attached hydrogens (primary N) is 1. The highest BCUT2D eigenvalue weighted by Crippen LogP contribution is 2.11. The van der Waals surface area contributed by atoms with Crippen molar-refractivity contribution >= 4 is 0 Å². The lowest BCUT2D eigenvalue weighted by molar-refractivity contribution is 0.223. The van der Waals surface area contributed by atoms with E-state index in [2.05, 4.69) is 25.8 Å². The van der Waals surface area contributed by atoms with Gasteiger partial charge in [0.05, 0.1) is 0 Å². The van der Waals surface area contributed by atoms with Gasteiger partial charge in [0.25, 0.3) is 0 Å². The monoisotopic (exact) mass is 236 g/mol. The van der Waals surface area contributed by atoms with E-state index in [1.54, 1.807) is 0 Å². The van der Waals surface area contributed by atoms with Gasteiger partial charge in [-0.2, -0.15) is 0 Å². The molecule has 1 aromatic rings. The molecule has 0 unspecified atom stereocenters. The Bertz CT molecular complexity index is 309. The number of ether oxygens (including phenoxy) is 1. The van der Waals surface area contributed by atoms with Crippen molar-refractivity contribution in [3.05, 3.63) is 29.8 Å². The predicted octanol–water partition coefficient (Wildman–Crippen LogP) is 2.11. The maximum absolute atomic E-state index is 5.68. The minimum atomic E-state index is 0.581. The second kappa shape index (κ2) is 7.30. The molecule has 0 aliphatic rings. The first kappa shape index (κ1) is 14.0. The first-order valence-corrected chi connectivity index (χ1v) is 6.22. The Labute approximate surface area is 105 Å². The van der Waals surface area contributed by atoms with Gasteiger partial charge in [-0.05, 0) is 30.7 Å². The van der Waals surface area contributed by atoms with Gasteiger partial charge < -0.3 is 15.4 Å². The van der Waals surface area contributed by atoms with E-state index in [9.17, 15) is 0 Å². The summed E-state index contributed by atoms with van der Waals surface area (Å²) in [5.74, 6) is 1.61. The van der Waals surface area contributed by atoms with Crippen LogP contribution in [0.15, 0.2) is 24.3 Å². The third-order valence-electron chi connectivity index (χ3n) is 2.58. The van der Waals surface area contributed by atoms with Crippen molar-refractivity contribution in [3.63, 3.8) is 0 Å². The van der Waals surface area contributed by atoms with E-state index in [0.29, 0.717) is 12.5 Å². The van der Waals surface area contributed by atoms with Gasteiger partial charge in [0.1, 0.15) is 12.4 Å². The highest BCUT2D eigenvalue weighted by Gasteiger charge is 2.01. The van der Waals surface area contributed by atoms with Crippen LogP contribution in [0, 0.1) is 5.92 Å². The van der Waals surface area contributed by atoms with Crippen molar-refractivity contribution in [3.8, 4) is 5.75 Å². The van der Waals surface area contributed by atoms with Crippen molar-refractivity contribution in [1.82, 2.24) is 4.90 Å². The molecule has 0 saturated heterocycles. The molecule has 0 bridgehead atoms. The van der Waals surface area contributed by atoms with Gasteiger partial charge in [-0.15, -0.1) is 0 Å². The fourth-order valence-corrected chi connectivity index (χ4v) is 1.76. The summed E-state index contributed by atoms with van der Waals surface area (Å²) in [5, 5.41) is 0. The number of rotatable bonds is 7. The van der Waals surface area contributed by atoms with E-state index in [1.165, 1.54) is 0 Å². The van der Waals surface area contributed by atoms with Gasteiger partial charge in [-0.1, -0.05) is 26.0 Å². The standard InChI is InChI=1S/C14H24N2O/c1-12(2)11-16(3)8-9-17-14-6-4-13(10-15)5-7-14/h4-7,12H,8-11,15H2,1-3H3. The Kier molecular flexibility index (Phi) is 6.01. The van der Waals surface area contributed by atoms with Crippen LogP contribution in [0.2, 0.25) is 0 Å². The van der Waals surface area contributed by atoms with Gasteiger partial charge >= 0.3 is 0 Å². The van der Waals surface area contributed by atoms with Crippen molar-refractivity contribution in [2.24, 2.45) is 11.7 Å². The molecule has 0 aliphatic carbocycles. The highest BCUT2D eigenvalue weighted by molar-refractivity contribution is 5.27. The third-order valence-corrected chi connectivity index (χ3v) is 2.58. The second-order valence-electron chi connectivity index (χ2n) is 4.85. The molecule has 0 saturated carbocycles. The van der Waals surface area contributed by atoms with Crippen LogP contribution in [0.1, 0.15) is 19.4 Å². The summed E-state index contributed by atoms with van der Waals surface area (Å²) in [6, 6.07) is 7.97. The molecule has 0 heterocycles. The van der Waals surface area contributed by atoms with E-state index in [4.69, 9.17) is 10.5 Å². The average molecular weight is 236 g/mol. The maximum Gasteiger partial charge on any atom is 0.119 e. The summed E-state index contributed by atoms with van der Waals surface area (Å²) in [6.45, 7) is 7.82. The molecule has 0 atom stereocenters. The minimum Gasteiger partial charge on any atom is -0.492 e. The van der Waals surface area contributed by atoms with Crippen LogP contribution in [0.3, 0.4) is 0 Å². The first-order chi connectivity index (χ1) is 8.11. The van der Waals surface area contributed by atoms with Crippen LogP contribution >= 0.6 is 0 Å². The molecule has 0 radical (unpaired) electrons. The molecule has 2 N–H and O–H groups in total. The largest absolute Gasteiger partial charge is 0.492 e. The van der Waals surface area contributed by atoms with E-state index >= 15 is 0 Å². The molecule has 17 heavy (non-hydrogen) atoms. The van der Waals surface area contributed by atoms with Crippen LogP contribution in [0.4, 0.5) is 0 Å². The fourth-order valence-electron chi connectivity index (χ4n) is 1.76. The van der Waals surface area contributed by atoms with Crippen molar-refractivity contribution in [2.75, 3.05) is 26.7 Å². The molecule has 0 amide bonds. The van der Waals surface area contributed by atoms with E-state index in [1.807, 2.05) is 24.3 Å². The molecule has 3 heteroatoms. The minimum absolute atomic E-state index is 0.581. The topological polar surface area (TPSA) is 38.5 Å². The lowest BCUT2D eigenvalue weighted by Crippen LogP contribution is -2.27. The normalized spacial score (nSPS) is 11.2. The molecule has 1 aromatic carbocycles. The number of likely N-dealkylation sites (N-methyl/N-ethyl adjacent to an activating group) is 1. The van der Waals surface area contributed by atoms with Crippen LogP contribution in [-0.2, 0) is 6.54 Å². The summed E-state index contributed by atoms with van der Waals surface area (Å²) >= 11 is 0. The lowest BCUT2D eigenvalue weighted by Gasteiger charge is -2.18. The molecule has 0 spiro atoms. The maximum atomic E-state index is 5.68. The summed E-state index contributed by atoms with van der Waals surface area (Å²) in [5.41, 5.74) is 6.67. The number of nitrogens with zero attached hydrogens (tertiary/aromatic N) is 1. The second-order valence-corrected chi connectivity index (χ2v) is 4.85. The summed E-state index contributed by atoms with van der Waals surface area (Å²) in [4.78, 5) is 2.29. The quantitative estimate of drug-likeness (QED) is 0.788. The van der Waals surface area contributed by atoms with E-state index in [0.717, 1.165) is 31.0 Å². The summed E-state index contributed by atoms with van der Waals surface area (Å²) < 4.78 is 5.68. The smallest absolute Gasteiger partial charge is 0.119 e. The Balaban J connectivity index is 2.25. The molecule has 0 aromatic heterocycles. The number of hydrogen-bond acceptors (Lipinski definition) is 3. The molecule has 1 rings (SSSR count). The molecule has 0 aliphatic heterocycles. The Morgan fingerprint density at radius 1 is 1.24 bits per heavy atom. The highest BCUT2D eigenvalue weighted by atomic mass is 16.5.